The van der Waals surface area contributed by atoms with E-state index in [1.807, 2.05) is 37.3 Å². The number of hydrogen-bond donors (Lipinski definition) is 1. The number of nitrogens with one attached hydrogen (secondary N) is 1. The summed E-state index contributed by atoms with van der Waals surface area (Å²) in [5, 5.41) is 3.26. The van der Waals surface area contributed by atoms with Crippen molar-refractivity contribution >= 4 is 11.7 Å². The largest absolute Gasteiger partial charge is 0.370 e. The first-order chi connectivity index (χ1) is 11.7. The summed E-state index contributed by atoms with van der Waals surface area (Å²) in [6.45, 7) is 6.23. The van der Waals surface area contributed by atoms with E-state index in [1.165, 1.54) is 19.2 Å². The second kappa shape index (κ2) is 9.65. The molecule has 1 amide bonds. The number of unbranched alkanes of at least 4 members (excludes halogenated alkanes) is 2. The molecule has 1 N–H and O–H groups in total. The summed E-state index contributed by atoms with van der Waals surface area (Å²) in [4.78, 5) is 22.9. The molecule has 5 heteroatoms. The maximum atomic E-state index is 12.7. The number of amides is 1. The van der Waals surface area contributed by atoms with Crippen molar-refractivity contribution in [2.45, 2.75) is 39.7 Å². The van der Waals surface area contributed by atoms with Gasteiger partial charge in [-0.2, -0.15) is 0 Å². The van der Waals surface area contributed by atoms with Gasteiger partial charge in [-0.25, -0.2) is 9.97 Å². The van der Waals surface area contributed by atoms with Crippen LogP contribution < -0.4 is 5.32 Å². The molecule has 128 valence electrons. The molecule has 0 saturated heterocycles. The SMILES string of the molecule is CCCCCNc1cc(C(=O)N(CC)Cc2ccccc2)ncn1. The van der Waals surface area contributed by atoms with Gasteiger partial charge in [0.15, 0.2) is 0 Å². The first-order valence-electron chi connectivity index (χ1n) is 8.63. The molecule has 1 aromatic heterocycles. The molecule has 24 heavy (non-hydrogen) atoms. The van der Waals surface area contributed by atoms with Crippen LogP contribution in [-0.4, -0.2) is 33.9 Å². The van der Waals surface area contributed by atoms with Gasteiger partial charge in [0.05, 0.1) is 0 Å². The van der Waals surface area contributed by atoms with Crippen molar-refractivity contribution in [2.75, 3.05) is 18.4 Å². The number of anilines is 1. The minimum absolute atomic E-state index is 0.0691. The van der Waals surface area contributed by atoms with E-state index in [9.17, 15) is 4.79 Å². The molecule has 0 atom stereocenters. The molecular formula is C19H26N4O. The third kappa shape index (κ3) is 5.33. The fourth-order valence-electron chi connectivity index (χ4n) is 2.46. The molecule has 0 aliphatic heterocycles. The molecule has 5 nitrogen and oxygen atoms in total. The van der Waals surface area contributed by atoms with Crippen LogP contribution in [0.4, 0.5) is 5.82 Å². The third-order valence-corrected chi connectivity index (χ3v) is 3.86. The highest BCUT2D eigenvalue weighted by Gasteiger charge is 2.16. The Morgan fingerprint density at radius 1 is 1.12 bits per heavy atom. The molecule has 1 aromatic carbocycles. The molecule has 0 bridgehead atoms. The standard InChI is InChI=1S/C19H26N4O/c1-3-5-9-12-20-18-13-17(21-15-22-18)19(24)23(4-2)14-16-10-7-6-8-11-16/h6-8,10-11,13,15H,3-5,9,12,14H2,1-2H3,(H,20,21,22). The summed E-state index contributed by atoms with van der Waals surface area (Å²) in [6, 6.07) is 11.7. The van der Waals surface area contributed by atoms with Gasteiger partial charge in [-0.3, -0.25) is 4.79 Å². The molecule has 0 spiro atoms. The normalized spacial score (nSPS) is 10.4. The Bertz CT molecular complexity index is 630. The number of benzene rings is 1. The van der Waals surface area contributed by atoms with Crippen LogP contribution in [0.5, 0.6) is 0 Å². The van der Waals surface area contributed by atoms with Crippen LogP contribution in [0.15, 0.2) is 42.7 Å². The summed E-state index contributed by atoms with van der Waals surface area (Å²) in [5.74, 6) is 0.639. The average molecular weight is 326 g/mol. The molecule has 2 rings (SSSR count). The van der Waals surface area contributed by atoms with Crippen LogP contribution in [0.25, 0.3) is 0 Å². The predicted octanol–water partition coefficient (Wildman–Crippen LogP) is 3.74. The van der Waals surface area contributed by atoms with Crippen molar-refractivity contribution in [3.05, 3.63) is 54.0 Å². The van der Waals surface area contributed by atoms with Crippen molar-refractivity contribution in [3.8, 4) is 0 Å². The fourth-order valence-corrected chi connectivity index (χ4v) is 2.46. The Labute approximate surface area is 144 Å². The molecule has 0 unspecified atom stereocenters. The molecule has 0 radical (unpaired) electrons. The molecule has 2 aromatic rings. The first-order valence-corrected chi connectivity index (χ1v) is 8.63. The Kier molecular flexibility index (Phi) is 7.21. The quantitative estimate of drug-likeness (QED) is 0.713. The number of nitrogens with zero attached hydrogens (tertiary/aromatic N) is 3. The highest BCUT2D eigenvalue weighted by molar-refractivity contribution is 5.92. The lowest BCUT2D eigenvalue weighted by molar-refractivity contribution is 0.0746. The van der Waals surface area contributed by atoms with Crippen LogP contribution in [0, 0.1) is 0 Å². The zero-order valence-corrected chi connectivity index (χ0v) is 14.5. The van der Waals surface area contributed by atoms with Gasteiger partial charge in [-0.15, -0.1) is 0 Å². The van der Waals surface area contributed by atoms with Crippen molar-refractivity contribution in [3.63, 3.8) is 0 Å². The Morgan fingerprint density at radius 2 is 1.92 bits per heavy atom. The molecular weight excluding hydrogens is 300 g/mol. The lowest BCUT2D eigenvalue weighted by Crippen LogP contribution is -2.31. The second-order valence-electron chi connectivity index (χ2n) is 5.73. The van der Waals surface area contributed by atoms with Gasteiger partial charge in [0, 0.05) is 25.7 Å². The smallest absolute Gasteiger partial charge is 0.272 e. The fraction of sp³-hybridized carbons (Fsp3) is 0.421. The van der Waals surface area contributed by atoms with Crippen molar-refractivity contribution in [2.24, 2.45) is 0 Å². The van der Waals surface area contributed by atoms with E-state index < -0.39 is 0 Å². The predicted molar refractivity (Wildman–Crippen MR) is 96.9 cm³/mol. The summed E-state index contributed by atoms with van der Waals surface area (Å²) < 4.78 is 0. The summed E-state index contributed by atoms with van der Waals surface area (Å²) in [6.07, 6.45) is 4.91. The van der Waals surface area contributed by atoms with Gasteiger partial charge < -0.3 is 10.2 Å². The van der Waals surface area contributed by atoms with E-state index in [0.29, 0.717) is 24.6 Å². The molecule has 1 heterocycles. The number of carbonyl (C=O) groups is 1. The Hall–Kier alpha value is -2.43. The molecule has 0 aliphatic rings. The lowest BCUT2D eigenvalue weighted by Gasteiger charge is -2.20. The van der Waals surface area contributed by atoms with Crippen LogP contribution in [-0.2, 0) is 6.54 Å². The highest BCUT2D eigenvalue weighted by atomic mass is 16.2. The summed E-state index contributed by atoms with van der Waals surface area (Å²) >= 11 is 0. The summed E-state index contributed by atoms with van der Waals surface area (Å²) in [5.41, 5.74) is 1.54. The zero-order valence-electron chi connectivity index (χ0n) is 14.5. The molecule has 0 aliphatic carbocycles. The number of rotatable bonds is 9. The van der Waals surface area contributed by atoms with E-state index in [1.54, 1.807) is 11.0 Å². The molecule has 0 saturated carbocycles. The van der Waals surface area contributed by atoms with Crippen LogP contribution in [0.2, 0.25) is 0 Å². The highest BCUT2D eigenvalue weighted by Crippen LogP contribution is 2.11. The van der Waals surface area contributed by atoms with Crippen LogP contribution in [0.3, 0.4) is 0 Å². The number of aromatic nitrogens is 2. The van der Waals surface area contributed by atoms with Crippen LogP contribution in [0.1, 0.15) is 49.2 Å². The lowest BCUT2D eigenvalue weighted by atomic mass is 10.2. The van der Waals surface area contributed by atoms with Gasteiger partial charge in [-0.1, -0.05) is 50.1 Å². The van der Waals surface area contributed by atoms with Crippen molar-refractivity contribution in [1.29, 1.82) is 0 Å². The van der Waals surface area contributed by atoms with E-state index in [2.05, 4.69) is 22.2 Å². The van der Waals surface area contributed by atoms with Gasteiger partial charge >= 0.3 is 0 Å². The maximum Gasteiger partial charge on any atom is 0.272 e. The van der Waals surface area contributed by atoms with E-state index in [4.69, 9.17) is 0 Å². The minimum atomic E-state index is -0.0691. The van der Waals surface area contributed by atoms with Crippen molar-refractivity contribution < 1.29 is 4.79 Å². The van der Waals surface area contributed by atoms with Crippen LogP contribution >= 0.6 is 0 Å². The first kappa shape index (κ1) is 17.9. The van der Waals surface area contributed by atoms with Gasteiger partial charge in [-0.05, 0) is 18.9 Å². The van der Waals surface area contributed by atoms with Gasteiger partial charge in [0.2, 0.25) is 0 Å². The Balaban J connectivity index is 2.01. The summed E-state index contributed by atoms with van der Waals surface area (Å²) in [7, 11) is 0. The monoisotopic (exact) mass is 326 g/mol. The van der Waals surface area contributed by atoms with Crippen molar-refractivity contribution in [1.82, 2.24) is 14.9 Å². The van der Waals surface area contributed by atoms with E-state index >= 15 is 0 Å². The molecule has 0 fully saturated rings. The van der Waals surface area contributed by atoms with E-state index in [0.717, 1.165) is 18.5 Å². The van der Waals surface area contributed by atoms with Gasteiger partial charge in [0.25, 0.3) is 5.91 Å². The average Bonchev–Trinajstić information content (AvgIpc) is 2.64. The third-order valence-electron chi connectivity index (χ3n) is 3.86. The second-order valence-corrected chi connectivity index (χ2v) is 5.73. The topological polar surface area (TPSA) is 58.1 Å². The maximum absolute atomic E-state index is 12.7. The number of hydrogen-bond acceptors (Lipinski definition) is 4. The zero-order chi connectivity index (χ0) is 17.2. The van der Waals surface area contributed by atoms with E-state index in [-0.39, 0.29) is 5.91 Å². The van der Waals surface area contributed by atoms with Gasteiger partial charge in [0.1, 0.15) is 17.8 Å². The number of carbonyl (C=O) groups excluding carboxylic acids is 1. The minimum Gasteiger partial charge on any atom is -0.370 e. The Morgan fingerprint density at radius 3 is 2.62 bits per heavy atom.